The summed E-state index contributed by atoms with van der Waals surface area (Å²) in [5.74, 6) is 0. The number of nitrogens with one attached hydrogen (secondary N) is 2. The van der Waals surface area contributed by atoms with Crippen LogP contribution in [0.5, 0.6) is 0 Å². The lowest BCUT2D eigenvalue weighted by Gasteiger charge is -2.39. The highest BCUT2D eigenvalue weighted by molar-refractivity contribution is 6.28. The van der Waals surface area contributed by atoms with Crippen molar-refractivity contribution in [1.82, 2.24) is 10.6 Å². The molecular formula is C16H18ClN4O3+. The van der Waals surface area contributed by atoms with Gasteiger partial charge in [-0.15, -0.1) is 0 Å². The largest absolute Gasteiger partial charge is 0.508 e. The van der Waals surface area contributed by atoms with E-state index in [9.17, 15) is 4.79 Å². The van der Waals surface area contributed by atoms with Crippen molar-refractivity contribution in [1.29, 1.82) is 0 Å². The molecule has 126 valence electrons. The van der Waals surface area contributed by atoms with Crippen molar-refractivity contribution in [2.24, 2.45) is 4.99 Å². The van der Waals surface area contributed by atoms with Gasteiger partial charge in [0.25, 0.3) is 0 Å². The molecule has 4 rings (SSSR count). The molecule has 24 heavy (non-hydrogen) atoms. The molecule has 0 spiro atoms. The Labute approximate surface area is 144 Å². The maximum Gasteiger partial charge on any atom is 0.508 e. The van der Waals surface area contributed by atoms with Crippen LogP contribution in [0.1, 0.15) is 13.3 Å². The van der Waals surface area contributed by atoms with E-state index in [4.69, 9.17) is 21.1 Å². The van der Waals surface area contributed by atoms with Gasteiger partial charge < -0.3 is 20.1 Å². The first-order valence-electron chi connectivity index (χ1n) is 7.84. The van der Waals surface area contributed by atoms with Crippen LogP contribution in [0.15, 0.2) is 52.2 Å². The summed E-state index contributed by atoms with van der Waals surface area (Å²) in [6, 6.07) is 0. The molecule has 0 saturated heterocycles. The smallest absolute Gasteiger partial charge is 0.435 e. The summed E-state index contributed by atoms with van der Waals surface area (Å²) in [6.07, 6.45) is 10.8. The quantitative estimate of drug-likeness (QED) is 0.453. The van der Waals surface area contributed by atoms with E-state index in [-0.39, 0.29) is 12.7 Å². The normalized spacial score (nSPS) is 35.2. The SMILES string of the molecule is CCOC(=O)OC1C=CC2=C(C1)C13CN=C[N+]1(C=CN2)C(Cl)=CN3. The van der Waals surface area contributed by atoms with Crippen molar-refractivity contribution in [3.63, 3.8) is 0 Å². The van der Waals surface area contributed by atoms with Gasteiger partial charge >= 0.3 is 6.16 Å². The maximum atomic E-state index is 11.6. The predicted octanol–water partition coefficient (Wildman–Crippen LogP) is 2.01. The second kappa shape index (κ2) is 5.39. The Morgan fingerprint density at radius 1 is 1.58 bits per heavy atom. The Kier molecular flexibility index (Phi) is 3.43. The summed E-state index contributed by atoms with van der Waals surface area (Å²) in [5.41, 5.74) is 1.51. The lowest BCUT2D eigenvalue weighted by Crippen LogP contribution is -2.62. The Balaban J connectivity index is 1.67. The Hall–Kier alpha value is -2.25. The van der Waals surface area contributed by atoms with Crippen molar-refractivity contribution >= 4 is 24.1 Å². The third kappa shape index (κ3) is 1.94. The van der Waals surface area contributed by atoms with Crippen molar-refractivity contribution < 1.29 is 18.8 Å². The molecule has 0 aromatic rings. The second-order valence-corrected chi connectivity index (χ2v) is 6.35. The van der Waals surface area contributed by atoms with Crippen LogP contribution in [0.4, 0.5) is 4.79 Å². The van der Waals surface area contributed by atoms with Crippen LogP contribution in [-0.4, -0.2) is 41.9 Å². The Bertz CT molecular complexity index is 742. The maximum absolute atomic E-state index is 11.6. The average molecular weight is 350 g/mol. The third-order valence-electron chi connectivity index (χ3n) is 4.76. The molecule has 1 aliphatic carbocycles. The zero-order chi connectivity index (χ0) is 16.8. The number of ether oxygens (including phenoxy) is 2. The lowest BCUT2D eigenvalue weighted by molar-refractivity contribution is -0.775. The molecule has 0 bridgehead atoms. The van der Waals surface area contributed by atoms with E-state index in [1.807, 2.05) is 37.1 Å². The molecule has 2 N–H and O–H groups in total. The van der Waals surface area contributed by atoms with Crippen molar-refractivity contribution in [2.75, 3.05) is 13.2 Å². The van der Waals surface area contributed by atoms with Gasteiger partial charge in [-0.1, -0.05) is 0 Å². The zero-order valence-corrected chi connectivity index (χ0v) is 13.9. The lowest BCUT2D eigenvalue weighted by atomic mass is 9.87. The van der Waals surface area contributed by atoms with Crippen LogP contribution in [0.3, 0.4) is 0 Å². The summed E-state index contributed by atoms with van der Waals surface area (Å²) < 4.78 is 10.6. The first-order chi connectivity index (χ1) is 11.6. The number of aliphatic imine (C=N–C) groups is 1. The molecule has 4 aliphatic rings. The van der Waals surface area contributed by atoms with Crippen LogP contribution in [0, 0.1) is 0 Å². The van der Waals surface area contributed by atoms with E-state index in [0.717, 1.165) is 11.3 Å². The Morgan fingerprint density at radius 3 is 3.29 bits per heavy atom. The number of nitrogens with zero attached hydrogens (tertiary/aromatic N) is 2. The molecule has 8 heteroatoms. The number of rotatable bonds is 2. The summed E-state index contributed by atoms with van der Waals surface area (Å²) in [7, 11) is 0. The van der Waals surface area contributed by atoms with Gasteiger partial charge in [-0.2, -0.15) is 4.48 Å². The van der Waals surface area contributed by atoms with Crippen molar-refractivity contribution in [3.05, 3.63) is 47.2 Å². The van der Waals surface area contributed by atoms with Crippen LogP contribution in [-0.2, 0) is 9.47 Å². The van der Waals surface area contributed by atoms with E-state index in [1.54, 1.807) is 6.92 Å². The zero-order valence-electron chi connectivity index (χ0n) is 13.2. The summed E-state index contributed by atoms with van der Waals surface area (Å²) in [4.78, 5) is 16.1. The minimum absolute atomic E-state index is 0.285. The fourth-order valence-electron chi connectivity index (χ4n) is 3.65. The number of halogens is 1. The number of carbonyl (C=O) groups is 1. The molecule has 0 aromatic heterocycles. The molecule has 0 aromatic carbocycles. The fourth-order valence-corrected chi connectivity index (χ4v) is 3.95. The topological polar surface area (TPSA) is 72.0 Å². The van der Waals surface area contributed by atoms with Gasteiger partial charge in [0.05, 0.1) is 19.0 Å². The molecular weight excluding hydrogens is 332 g/mol. The number of allylic oxidation sites excluding steroid dienone is 1. The first kappa shape index (κ1) is 15.3. The molecule has 0 saturated carbocycles. The summed E-state index contributed by atoms with van der Waals surface area (Å²) >= 11 is 6.49. The van der Waals surface area contributed by atoms with Crippen LogP contribution < -0.4 is 10.6 Å². The Morgan fingerprint density at radius 2 is 2.46 bits per heavy atom. The van der Waals surface area contributed by atoms with Gasteiger partial charge in [0, 0.05) is 17.7 Å². The highest BCUT2D eigenvalue weighted by Crippen LogP contribution is 2.47. The minimum Gasteiger partial charge on any atom is -0.435 e. The molecule has 0 radical (unpaired) electrons. The van der Waals surface area contributed by atoms with E-state index in [1.165, 1.54) is 0 Å². The number of quaternary nitrogens is 1. The highest BCUT2D eigenvalue weighted by atomic mass is 35.5. The predicted molar refractivity (Wildman–Crippen MR) is 88.4 cm³/mol. The van der Waals surface area contributed by atoms with Gasteiger partial charge in [0.1, 0.15) is 18.8 Å². The highest BCUT2D eigenvalue weighted by Gasteiger charge is 2.63. The fraction of sp³-hybridized carbons (Fsp3) is 0.375. The molecule has 3 unspecified atom stereocenters. The van der Waals surface area contributed by atoms with Gasteiger partial charge in [-0.3, -0.25) is 0 Å². The molecule has 0 amide bonds. The van der Waals surface area contributed by atoms with E-state index >= 15 is 0 Å². The second-order valence-electron chi connectivity index (χ2n) is 5.96. The standard InChI is InChI=1S/C16H18ClN4O3/c1-2-23-15(22)24-11-3-4-13-12(7-11)16-9-18-10-21(16,6-5-19-13)14(17)8-20-16/h3-6,8,10-11,19-20H,2,7,9H2,1H3/q+1. The molecule has 3 aliphatic heterocycles. The third-order valence-corrected chi connectivity index (χ3v) is 5.15. The van der Waals surface area contributed by atoms with Crippen LogP contribution in [0.25, 0.3) is 0 Å². The number of carbonyl (C=O) groups excluding carboxylic acids is 1. The first-order valence-corrected chi connectivity index (χ1v) is 8.22. The molecule has 3 heterocycles. The van der Waals surface area contributed by atoms with Crippen molar-refractivity contribution in [3.8, 4) is 0 Å². The van der Waals surface area contributed by atoms with Crippen LogP contribution >= 0.6 is 11.6 Å². The molecule has 7 nitrogen and oxygen atoms in total. The molecule has 3 atom stereocenters. The van der Waals surface area contributed by atoms with Gasteiger partial charge in [-0.25, -0.2) is 9.79 Å². The number of hydrogen-bond donors (Lipinski definition) is 2. The average Bonchev–Trinajstić information content (AvgIpc) is 3.01. The molecule has 0 fully saturated rings. The monoisotopic (exact) mass is 349 g/mol. The van der Waals surface area contributed by atoms with Gasteiger partial charge in [0.2, 0.25) is 10.8 Å². The van der Waals surface area contributed by atoms with E-state index < -0.39 is 11.8 Å². The minimum atomic E-state index is -0.660. The van der Waals surface area contributed by atoms with E-state index in [2.05, 4.69) is 15.6 Å². The number of hydrogen-bond acceptors (Lipinski definition) is 6. The van der Waals surface area contributed by atoms with Crippen molar-refractivity contribution in [2.45, 2.75) is 25.1 Å². The van der Waals surface area contributed by atoms with Gasteiger partial charge in [0.15, 0.2) is 6.34 Å². The van der Waals surface area contributed by atoms with E-state index in [0.29, 0.717) is 22.6 Å². The van der Waals surface area contributed by atoms with Crippen LogP contribution in [0.2, 0.25) is 0 Å². The summed E-state index contributed by atoms with van der Waals surface area (Å²) in [5, 5.41) is 7.34. The van der Waals surface area contributed by atoms with Gasteiger partial charge in [-0.05, 0) is 30.7 Å². The summed E-state index contributed by atoms with van der Waals surface area (Å²) in [6.45, 7) is 2.58.